The highest BCUT2D eigenvalue weighted by atomic mass is 32.2. The molecule has 2 saturated carbocycles. The quantitative estimate of drug-likeness (QED) is 0.755. The van der Waals surface area contributed by atoms with Gasteiger partial charge in [0.05, 0.1) is 0 Å². The Balaban J connectivity index is 1.67. The summed E-state index contributed by atoms with van der Waals surface area (Å²) in [6.45, 7) is 1.58. The molecule has 0 saturated heterocycles. The summed E-state index contributed by atoms with van der Waals surface area (Å²) in [5, 5.41) is 6.78. The predicted molar refractivity (Wildman–Crippen MR) is 79.6 cm³/mol. The van der Waals surface area contributed by atoms with E-state index in [0.717, 1.165) is 26.0 Å². The fraction of sp³-hybridized carbons (Fsp3) is 0.929. The lowest BCUT2D eigenvalue weighted by molar-refractivity contribution is 0.171. The summed E-state index contributed by atoms with van der Waals surface area (Å²) in [6, 6.07) is 0.360. The number of ether oxygens (including phenoxy) is 1. The minimum absolute atomic E-state index is 0.00893. The first kappa shape index (κ1) is 15.0. The highest BCUT2D eigenvalue weighted by Gasteiger charge is 2.42. The van der Waals surface area contributed by atoms with Gasteiger partial charge in [-0.05, 0) is 43.8 Å². The average Bonchev–Trinajstić information content (AvgIpc) is 3.06. The van der Waals surface area contributed by atoms with Crippen molar-refractivity contribution in [3.63, 3.8) is 0 Å². The summed E-state index contributed by atoms with van der Waals surface area (Å²) in [5.74, 6) is 0. The van der Waals surface area contributed by atoms with E-state index in [0.29, 0.717) is 16.7 Å². The molecule has 2 aliphatic rings. The van der Waals surface area contributed by atoms with E-state index in [9.17, 15) is 4.79 Å². The molecule has 0 aromatic carbocycles. The van der Waals surface area contributed by atoms with E-state index in [4.69, 9.17) is 4.74 Å². The van der Waals surface area contributed by atoms with Crippen LogP contribution in [0.4, 0.5) is 4.79 Å². The number of carbonyl (C=O) groups is 1. The number of methoxy groups -OCH3 is 1. The molecule has 2 fully saturated rings. The molecule has 0 heterocycles. The number of hydrogen-bond acceptors (Lipinski definition) is 3. The lowest BCUT2D eigenvalue weighted by Gasteiger charge is -2.21. The third kappa shape index (κ3) is 4.28. The van der Waals surface area contributed by atoms with Gasteiger partial charge in [0, 0.05) is 31.6 Å². The second-order valence-corrected chi connectivity index (χ2v) is 6.96. The van der Waals surface area contributed by atoms with Gasteiger partial charge in [0.2, 0.25) is 0 Å². The van der Waals surface area contributed by atoms with Crippen LogP contribution >= 0.6 is 11.8 Å². The molecule has 0 aliphatic heterocycles. The van der Waals surface area contributed by atoms with Gasteiger partial charge in [-0.25, -0.2) is 4.79 Å². The zero-order valence-corrected chi connectivity index (χ0v) is 12.9. The molecule has 4 nitrogen and oxygen atoms in total. The third-order valence-corrected chi connectivity index (χ3v) is 5.66. The van der Waals surface area contributed by atoms with Crippen molar-refractivity contribution in [1.29, 1.82) is 0 Å². The minimum atomic E-state index is 0.00893. The van der Waals surface area contributed by atoms with Crippen LogP contribution in [0.1, 0.15) is 38.5 Å². The molecule has 2 atom stereocenters. The Bertz CT molecular complexity index is 308. The van der Waals surface area contributed by atoms with Crippen LogP contribution in [0, 0.1) is 5.41 Å². The maximum atomic E-state index is 11.9. The van der Waals surface area contributed by atoms with Crippen molar-refractivity contribution < 1.29 is 9.53 Å². The average molecular weight is 286 g/mol. The molecule has 0 bridgehead atoms. The molecular formula is C14H26N2O2S. The highest BCUT2D eigenvalue weighted by Crippen LogP contribution is 2.48. The molecule has 0 aromatic heterocycles. The number of hydrogen-bond donors (Lipinski definition) is 2. The van der Waals surface area contributed by atoms with Gasteiger partial charge >= 0.3 is 6.03 Å². The molecule has 0 radical (unpaired) electrons. The van der Waals surface area contributed by atoms with Crippen molar-refractivity contribution in [2.24, 2.45) is 5.41 Å². The van der Waals surface area contributed by atoms with Crippen LogP contribution in [-0.2, 0) is 4.74 Å². The number of rotatable bonds is 7. The number of thioether (sulfide) groups is 1. The van der Waals surface area contributed by atoms with Crippen LogP contribution in [-0.4, -0.2) is 43.8 Å². The van der Waals surface area contributed by atoms with Gasteiger partial charge in [-0.3, -0.25) is 0 Å². The zero-order chi connectivity index (χ0) is 13.7. The zero-order valence-electron chi connectivity index (χ0n) is 12.0. The molecule has 0 spiro atoms. The molecule has 19 heavy (non-hydrogen) atoms. The lowest BCUT2D eigenvalue weighted by atomic mass is 10.0. The summed E-state index contributed by atoms with van der Waals surface area (Å²) in [5.41, 5.74) is 0.321. The van der Waals surface area contributed by atoms with E-state index in [1.165, 1.54) is 25.7 Å². The van der Waals surface area contributed by atoms with Crippen molar-refractivity contribution in [1.82, 2.24) is 10.6 Å². The molecule has 2 N–H and O–H groups in total. The summed E-state index contributed by atoms with van der Waals surface area (Å²) in [7, 11) is 1.73. The Morgan fingerprint density at radius 3 is 2.84 bits per heavy atom. The second-order valence-electron chi connectivity index (χ2n) is 5.88. The van der Waals surface area contributed by atoms with E-state index in [1.807, 2.05) is 11.8 Å². The van der Waals surface area contributed by atoms with E-state index in [2.05, 4.69) is 16.9 Å². The van der Waals surface area contributed by atoms with Crippen molar-refractivity contribution in [2.75, 3.05) is 26.5 Å². The fourth-order valence-corrected chi connectivity index (χ4v) is 3.81. The summed E-state index contributed by atoms with van der Waals surface area (Å²) in [6.07, 6.45) is 9.19. The molecule has 110 valence electrons. The Hall–Kier alpha value is -0.420. The topological polar surface area (TPSA) is 50.4 Å². The van der Waals surface area contributed by atoms with E-state index in [-0.39, 0.29) is 6.03 Å². The van der Waals surface area contributed by atoms with Gasteiger partial charge in [-0.1, -0.05) is 6.42 Å². The molecule has 2 rings (SSSR count). The largest absolute Gasteiger partial charge is 0.385 e. The Kier molecular flexibility index (Phi) is 5.39. The van der Waals surface area contributed by atoms with Crippen molar-refractivity contribution in [3.8, 4) is 0 Å². The first-order valence-corrected chi connectivity index (χ1v) is 8.54. The summed E-state index contributed by atoms with van der Waals surface area (Å²) in [4.78, 5) is 11.9. The predicted octanol–water partition coefficient (Wildman–Crippen LogP) is 2.39. The number of urea groups is 1. The van der Waals surface area contributed by atoms with E-state index >= 15 is 0 Å². The molecule has 0 aromatic rings. The van der Waals surface area contributed by atoms with Crippen LogP contribution in [0.5, 0.6) is 0 Å². The SMILES string of the molecule is COCCC1(CNC(=O)N[C@H]2CCC[C@H]2SC)CC1. The Morgan fingerprint density at radius 1 is 1.42 bits per heavy atom. The Morgan fingerprint density at radius 2 is 2.21 bits per heavy atom. The fourth-order valence-electron chi connectivity index (χ4n) is 2.87. The number of amides is 2. The van der Waals surface area contributed by atoms with Crippen molar-refractivity contribution >= 4 is 17.8 Å². The number of carbonyl (C=O) groups excluding carboxylic acids is 1. The third-order valence-electron chi connectivity index (χ3n) is 4.49. The van der Waals surface area contributed by atoms with Crippen LogP contribution < -0.4 is 10.6 Å². The molecular weight excluding hydrogens is 260 g/mol. The molecule has 2 amide bonds. The van der Waals surface area contributed by atoms with Crippen LogP contribution in [0.15, 0.2) is 0 Å². The summed E-state index contributed by atoms with van der Waals surface area (Å²) >= 11 is 1.87. The van der Waals surface area contributed by atoms with Crippen molar-refractivity contribution in [3.05, 3.63) is 0 Å². The number of nitrogens with one attached hydrogen (secondary N) is 2. The first-order chi connectivity index (χ1) is 9.19. The molecule has 0 unspecified atom stereocenters. The van der Waals surface area contributed by atoms with Gasteiger partial charge in [-0.2, -0.15) is 11.8 Å². The van der Waals surface area contributed by atoms with Gasteiger partial charge in [0.25, 0.3) is 0 Å². The second kappa shape index (κ2) is 6.84. The lowest BCUT2D eigenvalue weighted by Crippen LogP contribution is -2.46. The Labute approximate surface area is 120 Å². The first-order valence-electron chi connectivity index (χ1n) is 7.25. The summed E-state index contributed by atoms with van der Waals surface area (Å²) < 4.78 is 5.13. The van der Waals surface area contributed by atoms with E-state index < -0.39 is 0 Å². The van der Waals surface area contributed by atoms with Crippen LogP contribution in [0.25, 0.3) is 0 Å². The maximum absolute atomic E-state index is 11.9. The van der Waals surface area contributed by atoms with E-state index in [1.54, 1.807) is 7.11 Å². The van der Waals surface area contributed by atoms with Gasteiger partial charge < -0.3 is 15.4 Å². The van der Waals surface area contributed by atoms with Crippen LogP contribution in [0.3, 0.4) is 0 Å². The standard InChI is InChI=1S/C14H26N2O2S/c1-18-9-8-14(6-7-14)10-15-13(17)16-11-4-3-5-12(11)19-2/h11-12H,3-10H2,1-2H3,(H2,15,16,17)/t11-,12+/m0/s1. The monoisotopic (exact) mass is 286 g/mol. The van der Waals surface area contributed by atoms with Crippen LogP contribution in [0.2, 0.25) is 0 Å². The van der Waals surface area contributed by atoms with Gasteiger partial charge in [0.15, 0.2) is 0 Å². The van der Waals surface area contributed by atoms with Gasteiger partial charge in [-0.15, -0.1) is 0 Å². The molecule has 5 heteroatoms. The maximum Gasteiger partial charge on any atom is 0.315 e. The van der Waals surface area contributed by atoms with Crippen molar-refractivity contribution in [2.45, 2.75) is 49.8 Å². The molecule has 2 aliphatic carbocycles. The smallest absolute Gasteiger partial charge is 0.315 e. The highest BCUT2D eigenvalue weighted by molar-refractivity contribution is 7.99. The van der Waals surface area contributed by atoms with Gasteiger partial charge in [0.1, 0.15) is 0 Å². The normalized spacial score (nSPS) is 28.1. The minimum Gasteiger partial charge on any atom is -0.385 e.